The van der Waals surface area contributed by atoms with E-state index in [1.54, 1.807) is 7.11 Å². The first-order valence-electron chi connectivity index (χ1n) is 8.95. The van der Waals surface area contributed by atoms with Crippen molar-refractivity contribution in [1.82, 2.24) is 0 Å². The predicted octanol–water partition coefficient (Wildman–Crippen LogP) is 3.31. The Bertz CT molecular complexity index is 1220. The fraction of sp³-hybridized carbons (Fsp3) is 0.136. The number of benzene rings is 2. The highest BCUT2D eigenvalue weighted by molar-refractivity contribution is 6.36. The summed E-state index contributed by atoms with van der Waals surface area (Å²) >= 11 is 0. The fourth-order valence-electron chi connectivity index (χ4n) is 3.39. The monoisotopic (exact) mass is 391 g/mol. The second kappa shape index (κ2) is 7.27. The van der Waals surface area contributed by atoms with Crippen LogP contribution in [-0.4, -0.2) is 24.1 Å². The van der Waals surface area contributed by atoms with E-state index >= 15 is 0 Å². The summed E-state index contributed by atoms with van der Waals surface area (Å²) in [6.07, 6.45) is 3.24. The minimum atomic E-state index is -1.59. The molecule has 2 aromatic carbocycles. The molecule has 1 amide bonds. The molecule has 0 saturated heterocycles. The van der Waals surface area contributed by atoms with Crippen molar-refractivity contribution in [3.05, 3.63) is 69.6 Å². The maximum atomic E-state index is 12.9. The van der Waals surface area contributed by atoms with Crippen LogP contribution in [0.5, 0.6) is 5.75 Å². The van der Waals surface area contributed by atoms with Crippen molar-refractivity contribution in [3.63, 3.8) is 0 Å². The SMILES string of the molecule is COc1ccc(C=C2CCc3c2oc2cc(NC(=O)C(=O)O)ccc2c3=O)cc1. The number of fused-ring (bicyclic) bond motifs is 2. The standard InChI is InChI=1S/C22H17NO6/c1-28-15-6-2-12(3-7-15)10-13-4-8-17-19(24)16-9-5-14(23-21(25)22(26)27)11-18(16)29-20(13)17/h2-3,5-7,9-11H,4,8H2,1H3,(H,23,25)(H,26,27). The Hall–Kier alpha value is -3.87. The van der Waals surface area contributed by atoms with Crippen molar-refractivity contribution in [2.45, 2.75) is 12.8 Å². The lowest BCUT2D eigenvalue weighted by Gasteiger charge is -2.07. The lowest BCUT2D eigenvalue weighted by Crippen LogP contribution is -2.21. The van der Waals surface area contributed by atoms with Crippen molar-refractivity contribution in [2.75, 3.05) is 12.4 Å². The number of hydrogen-bond acceptors (Lipinski definition) is 5. The van der Waals surface area contributed by atoms with E-state index in [1.807, 2.05) is 30.3 Å². The maximum absolute atomic E-state index is 12.9. The molecule has 7 nitrogen and oxygen atoms in total. The quantitative estimate of drug-likeness (QED) is 0.664. The second-order valence-electron chi connectivity index (χ2n) is 6.65. The van der Waals surface area contributed by atoms with Crippen LogP contribution in [0.25, 0.3) is 22.6 Å². The number of aliphatic carboxylic acids is 1. The second-order valence-corrected chi connectivity index (χ2v) is 6.65. The van der Waals surface area contributed by atoms with Gasteiger partial charge >= 0.3 is 11.9 Å². The fourth-order valence-corrected chi connectivity index (χ4v) is 3.39. The lowest BCUT2D eigenvalue weighted by atomic mass is 10.1. The topological polar surface area (TPSA) is 106 Å². The van der Waals surface area contributed by atoms with Gasteiger partial charge in [-0.1, -0.05) is 12.1 Å². The van der Waals surface area contributed by atoms with Crippen LogP contribution in [0.3, 0.4) is 0 Å². The number of carboxylic acid groups (broad SMARTS) is 1. The number of rotatable bonds is 3. The van der Waals surface area contributed by atoms with Crippen LogP contribution in [0.1, 0.15) is 23.3 Å². The van der Waals surface area contributed by atoms with Crippen LogP contribution >= 0.6 is 0 Å². The average molecular weight is 391 g/mol. The molecule has 0 saturated carbocycles. The van der Waals surface area contributed by atoms with Crippen LogP contribution in [-0.2, 0) is 16.0 Å². The summed E-state index contributed by atoms with van der Waals surface area (Å²) < 4.78 is 11.2. The van der Waals surface area contributed by atoms with Gasteiger partial charge in [-0.3, -0.25) is 9.59 Å². The van der Waals surface area contributed by atoms with Crippen molar-refractivity contribution in [3.8, 4) is 5.75 Å². The van der Waals surface area contributed by atoms with Gasteiger partial charge in [0.15, 0.2) is 5.43 Å². The Morgan fingerprint density at radius 3 is 2.59 bits per heavy atom. The summed E-state index contributed by atoms with van der Waals surface area (Å²) in [6, 6.07) is 12.0. The Morgan fingerprint density at radius 2 is 1.90 bits per heavy atom. The minimum Gasteiger partial charge on any atom is -0.497 e. The molecule has 4 rings (SSSR count). The molecular weight excluding hydrogens is 374 g/mol. The zero-order valence-corrected chi connectivity index (χ0v) is 15.5. The number of carbonyl (C=O) groups excluding carboxylic acids is 1. The van der Waals surface area contributed by atoms with Crippen LogP contribution < -0.4 is 15.5 Å². The highest BCUT2D eigenvalue weighted by atomic mass is 16.5. The van der Waals surface area contributed by atoms with E-state index in [2.05, 4.69) is 5.32 Å². The summed E-state index contributed by atoms with van der Waals surface area (Å²) in [5.74, 6) is -1.47. The van der Waals surface area contributed by atoms with Gasteiger partial charge in [0.2, 0.25) is 0 Å². The molecule has 0 radical (unpaired) electrons. The van der Waals surface area contributed by atoms with Gasteiger partial charge in [-0.25, -0.2) is 4.79 Å². The number of methoxy groups -OCH3 is 1. The molecular formula is C22H17NO6. The first-order chi connectivity index (χ1) is 14.0. The molecule has 146 valence electrons. The zero-order chi connectivity index (χ0) is 20.5. The molecule has 0 unspecified atom stereocenters. The first-order valence-corrected chi connectivity index (χ1v) is 8.95. The number of amides is 1. The van der Waals surface area contributed by atoms with E-state index in [-0.39, 0.29) is 11.1 Å². The van der Waals surface area contributed by atoms with Gasteiger partial charge in [0.05, 0.1) is 12.5 Å². The van der Waals surface area contributed by atoms with Gasteiger partial charge < -0.3 is 19.6 Å². The molecule has 0 aliphatic heterocycles. The highest BCUT2D eigenvalue weighted by Crippen LogP contribution is 2.34. The van der Waals surface area contributed by atoms with Crippen LogP contribution in [0, 0.1) is 0 Å². The maximum Gasteiger partial charge on any atom is 0.394 e. The Balaban J connectivity index is 1.76. The summed E-state index contributed by atoms with van der Waals surface area (Å²) in [4.78, 5) is 35.0. The molecule has 0 spiro atoms. The van der Waals surface area contributed by atoms with Crippen molar-refractivity contribution in [2.24, 2.45) is 0 Å². The molecule has 2 N–H and O–H groups in total. The molecule has 1 aromatic heterocycles. The molecule has 29 heavy (non-hydrogen) atoms. The number of carboxylic acids is 1. The summed E-state index contributed by atoms with van der Waals surface area (Å²) in [5, 5.41) is 11.4. The van der Waals surface area contributed by atoms with E-state index in [9.17, 15) is 14.4 Å². The number of carbonyl (C=O) groups is 2. The molecule has 1 aliphatic carbocycles. The van der Waals surface area contributed by atoms with E-state index < -0.39 is 11.9 Å². The Kier molecular flexibility index (Phi) is 4.64. The third kappa shape index (κ3) is 3.50. The number of ether oxygens (including phenoxy) is 1. The largest absolute Gasteiger partial charge is 0.497 e. The van der Waals surface area contributed by atoms with Crippen LogP contribution in [0.15, 0.2) is 51.7 Å². The zero-order valence-electron chi connectivity index (χ0n) is 15.5. The van der Waals surface area contributed by atoms with E-state index in [1.165, 1.54) is 18.2 Å². The van der Waals surface area contributed by atoms with E-state index in [0.717, 1.165) is 16.9 Å². The third-order valence-corrected chi connectivity index (χ3v) is 4.83. The molecule has 7 heteroatoms. The first kappa shape index (κ1) is 18.5. The van der Waals surface area contributed by atoms with Gasteiger partial charge in [0.25, 0.3) is 0 Å². The minimum absolute atomic E-state index is 0.115. The molecule has 1 heterocycles. The van der Waals surface area contributed by atoms with Crippen molar-refractivity contribution in [1.29, 1.82) is 0 Å². The molecule has 0 fully saturated rings. The van der Waals surface area contributed by atoms with E-state index in [4.69, 9.17) is 14.3 Å². The number of hydrogen-bond donors (Lipinski definition) is 2. The molecule has 1 aliphatic rings. The van der Waals surface area contributed by atoms with Crippen molar-refractivity contribution >= 4 is 40.2 Å². The predicted molar refractivity (Wildman–Crippen MR) is 108 cm³/mol. The Labute approximate surface area is 165 Å². The number of nitrogens with one attached hydrogen (secondary N) is 1. The van der Waals surface area contributed by atoms with Gasteiger partial charge in [-0.05, 0) is 54.3 Å². The van der Waals surface area contributed by atoms with Crippen LogP contribution in [0.2, 0.25) is 0 Å². The van der Waals surface area contributed by atoms with Crippen molar-refractivity contribution < 1.29 is 23.8 Å². The average Bonchev–Trinajstić information content (AvgIpc) is 3.11. The summed E-state index contributed by atoms with van der Waals surface area (Å²) in [5.41, 5.74) is 2.91. The molecule has 0 atom stereocenters. The number of allylic oxidation sites excluding steroid dienone is 1. The van der Waals surface area contributed by atoms with Gasteiger partial charge in [-0.15, -0.1) is 0 Å². The lowest BCUT2D eigenvalue weighted by molar-refractivity contribution is -0.147. The summed E-state index contributed by atoms with van der Waals surface area (Å²) in [7, 11) is 1.60. The Morgan fingerprint density at radius 1 is 1.14 bits per heavy atom. The van der Waals surface area contributed by atoms with Gasteiger partial charge in [0.1, 0.15) is 17.1 Å². The highest BCUT2D eigenvalue weighted by Gasteiger charge is 2.24. The van der Waals surface area contributed by atoms with E-state index in [0.29, 0.717) is 35.1 Å². The molecule has 0 bridgehead atoms. The normalized spacial score (nSPS) is 14.0. The number of anilines is 1. The van der Waals surface area contributed by atoms with Gasteiger partial charge in [0, 0.05) is 17.3 Å². The molecule has 3 aromatic rings. The smallest absolute Gasteiger partial charge is 0.394 e. The van der Waals surface area contributed by atoms with Crippen LogP contribution in [0.4, 0.5) is 5.69 Å². The van der Waals surface area contributed by atoms with Gasteiger partial charge in [-0.2, -0.15) is 0 Å². The third-order valence-electron chi connectivity index (χ3n) is 4.83. The summed E-state index contributed by atoms with van der Waals surface area (Å²) in [6.45, 7) is 0.